The van der Waals surface area contributed by atoms with Gasteiger partial charge in [-0.25, -0.2) is 0 Å². The number of nitrogens with zero attached hydrogens (tertiary/aromatic N) is 1. The first-order chi connectivity index (χ1) is 8.02. The summed E-state index contributed by atoms with van der Waals surface area (Å²) in [7, 11) is 1.57. The van der Waals surface area contributed by atoms with Crippen molar-refractivity contribution in [3.05, 3.63) is 33.9 Å². The zero-order valence-corrected chi connectivity index (χ0v) is 9.82. The summed E-state index contributed by atoms with van der Waals surface area (Å²) in [5.74, 6) is -0.0698. The highest BCUT2D eigenvalue weighted by Crippen LogP contribution is 2.20. The molecule has 1 amide bonds. The van der Waals surface area contributed by atoms with E-state index < -0.39 is 4.92 Å². The number of hydrogen-bond acceptors (Lipinski definition) is 4. The number of nitro benzene ring substituents is 1. The van der Waals surface area contributed by atoms with Crippen LogP contribution in [0.5, 0.6) is 0 Å². The minimum absolute atomic E-state index is 0.0486. The fourth-order valence-corrected chi connectivity index (χ4v) is 1.42. The third kappa shape index (κ3) is 4.10. The van der Waals surface area contributed by atoms with Crippen LogP contribution in [0.25, 0.3) is 0 Å². The second-order valence-corrected chi connectivity index (χ2v) is 3.66. The first kappa shape index (κ1) is 13.0. The van der Waals surface area contributed by atoms with Gasteiger partial charge in [-0.2, -0.15) is 0 Å². The standard InChI is InChI=1S/C11H15N3O3/c1-8-5-9(7-10(6-8)14(16)17)13-4-3-11(15)12-2/h5-7,13H,3-4H2,1-2H3,(H,12,15). The Bertz CT molecular complexity index is 432. The third-order valence-corrected chi connectivity index (χ3v) is 2.23. The van der Waals surface area contributed by atoms with Crippen molar-refractivity contribution in [2.45, 2.75) is 13.3 Å². The predicted octanol–water partition coefficient (Wildman–Crippen LogP) is 1.45. The van der Waals surface area contributed by atoms with Crippen molar-refractivity contribution in [3.8, 4) is 0 Å². The number of benzene rings is 1. The lowest BCUT2D eigenvalue weighted by atomic mass is 10.2. The molecule has 0 aliphatic carbocycles. The Labute approximate surface area is 99.2 Å². The molecule has 0 saturated heterocycles. The number of amides is 1. The smallest absolute Gasteiger partial charge is 0.271 e. The predicted molar refractivity (Wildman–Crippen MR) is 65.0 cm³/mol. The van der Waals surface area contributed by atoms with Gasteiger partial charge >= 0.3 is 0 Å². The fraction of sp³-hybridized carbons (Fsp3) is 0.364. The summed E-state index contributed by atoms with van der Waals surface area (Å²) in [5.41, 5.74) is 1.51. The lowest BCUT2D eigenvalue weighted by Gasteiger charge is -2.06. The van der Waals surface area contributed by atoms with Crippen LogP contribution < -0.4 is 10.6 Å². The number of hydrogen-bond donors (Lipinski definition) is 2. The van der Waals surface area contributed by atoms with Crippen molar-refractivity contribution in [3.63, 3.8) is 0 Å². The molecule has 0 saturated carbocycles. The number of aryl methyl sites for hydroxylation is 1. The van der Waals surface area contributed by atoms with Crippen LogP contribution >= 0.6 is 0 Å². The summed E-state index contributed by atoms with van der Waals surface area (Å²) < 4.78 is 0. The van der Waals surface area contributed by atoms with E-state index in [4.69, 9.17) is 0 Å². The van der Waals surface area contributed by atoms with Gasteiger partial charge in [0.05, 0.1) is 4.92 Å². The minimum Gasteiger partial charge on any atom is -0.384 e. The quantitative estimate of drug-likeness (QED) is 0.599. The molecule has 17 heavy (non-hydrogen) atoms. The Balaban J connectivity index is 2.65. The summed E-state index contributed by atoms with van der Waals surface area (Å²) in [6, 6.07) is 4.76. The van der Waals surface area contributed by atoms with E-state index >= 15 is 0 Å². The van der Waals surface area contributed by atoms with Crippen LogP contribution in [0.4, 0.5) is 11.4 Å². The van der Waals surface area contributed by atoms with Crippen LogP contribution in [0.2, 0.25) is 0 Å². The maximum absolute atomic E-state index is 11.0. The van der Waals surface area contributed by atoms with Crippen LogP contribution in [0.3, 0.4) is 0 Å². The van der Waals surface area contributed by atoms with Gasteiger partial charge in [-0.3, -0.25) is 14.9 Å². The molecule has 1 aromatic carbocycles. The lowest BCUT2D eigenvalue weighted by molar-refractivity contribution is -0.384. The van der Waals surface area contributed by atoms with Crippen molar-refractivity contribution >= 4 is 17.3 Å². The molecule has 0 aliphatic heterocycles. The molecule has 2 N–H and O–H groups in total. The van der Waals surface area contributed by atoms with E-state index in [1.54, 1.807) is 20.0 Å². The van der Waals surface area contributed by atoms with E-state index in [2.05, 4.69) is 10.6 Å². The van der Waals surface area contributed by atoms with Gasteiger partial charge in [0.25, 0.3) is 5.69 Å². The maximum Gasteiger partial charge on any atom is 0.271 e. The molecule has 0 aliphatic rings. The third-order valence-electron chi connectivity index (χ3n) is 2.23. The number of nitrogens with one attached hydrogen (secondary N) is 2. The van der Waals surface area contributed by atoms with E-state index in [9.17, 15) is 14.9 Å². The summed E-state index contributed by atoms with van der Waals surface area (Å²) >= 11 is 0. The van der Waals surface area contributed by atoms with Gasteiger partial charge in [0.1, 0.15) is 0 Å². The maximum atomic E-state index is 11.0. The molecule has 6 heteroatoms. The molecule has 0 heterocycles. The first-order valence-corrected chi connectivity index (χ1v) is 5.23. The molecule has 0 spiro atoms. The van der Waals surface area contributed by atoms with Crippen LogP contribution in [0.1, 0.15) is 12.0 Å². The molecular formula is C11H15N3O3. The second-order valence-electron chi connectivity index (χ2n) is 3.66. The van der Waals surface area contributed by atoms with Crippen LogP contribution in [-0.2, 0) is 4.79 Å². The van der Waals surface area contributed by atoms with Crippen LogP contribution in [-0.4, -0.2) is 24.4 Å². The van der Waals surface area contributed by atoms with Gasteiger partial charge in [0.2, 0.25) is 5.91 Å². The van der Waals surface area contributed by atoms with Crippen molar-refractivity contribution in [1.29, 1.82) is 0 Å². The van der Waals surface area contributed by atoms with Gasteiger partial charge in [0.15, 0.2) is 0 Å². The zero-order valence-electron chi connectivity index (χ0n) is 9.82. The van der Waals surface area contributed by atoms with Crippen molar-refractivity contribution < 1.29 is 9.72 Å². The van der Waals surface area contributed by atoms with E-state index in [0.717, 1.165) is 5.56 Å². The Morgan fingerprint density at radius 1 is 1.41 bits per heavy atom. The van der Waals surface area contributed by atoms with Crippen molar-refractivity contribution in [1.82, 2.24) is 5.32 Å². The summed E-state index contributed by atoms with van der Waals surface area (Å²) in [6.45, 7) is 2.23. The number of anilines is 1. The number of non-ortho nitro benzene ring substituents is 1. The Morgan fingerprint density at radius 3 is 2.71 bits per heavy atom. The average Bonchev–Trinajstić information content (AvgIpc) is 2.28. The highest BCUT2D eigenvalue weighted by molar-refractivity contribution is 5.76. The molecule has 0 bridgehead atoms. The second kappa shape index (κ2) is 5.83. The topological polar surface area (TPSA) is 84.3 Å². The Morgan fingerprint density at radius 2 is 2.12 bits per heavy atom. The van der Waals surface area contributed by atoms with Gasteiger partial charge in [-0.15, -0.1) is 0 Å². The van der Waals surface area contributed by atoms with Crippen molar-refractivity contribution in [2.75, 3.05) is 18.9 Å². The molecule has 0 aromatic heterocycles. The molecule has 0 atom stereocenters. The highest BCUT2D eigenvalue weighted by Gasteiger charge is 2.07. The number of rotatable bonds is 5. The highest BCUT2D eigenvalue weighted by atomic mass is 16.6. The molecule has 0 fully saturated rings. The molecule has 0 radical (unpaired) electrons. The van der Waals surface area contributed by atoms with Gasteiger partial charge < -0.3 is 10.6 Å². The normalized spacial score (nSPS) is 9.76. The monoisotopic (exact) mass is 237 g/mol. The average molecular weight is 237 g/mol. The van der Waals surface area contributed by atoms with Gasteiger partial charge in [-0.05, 0) is 18.6 Å². The minimum atomic E-state index is -0.434. The van der Waals surface area contributed by atoms with Gasteiger partial charge in [-0.1, -0.05) is 0 Å². The SMILES string of the molecule is CNC(=O)CCNc1cc(C)cc([N+](=O)[O-])c1. The van der Waals surface area contributed by atoms with Crippen LogP contribution in [0, 0.1) is 17.0 Å². The molecule has 1 rings (SSSR count). The Hall–Kier alpha value is -2.11. The molecular weight excluding hydrogens is 222 g/mol. The van der Waals surface area contributed by atoms with E-state index in [1.807, 2.05) is 0 Å². The van der Waals surface area contributed by atoms with Crippen LogP contribution in [0.15, 0.2) is 18.2 Å². The largest absolute Gasteiger partial charge is 0.384 e. The summed E-state index contributed by atoms with van der Waals surface area (Å²) in [6.07, 6.45) is 0.332. The molecule has 6 nitrogen and oxygen atoms in total. The van der Waals surface area contributed by atoms with E-state index in [-0.39, 0.29) is 11.6 Å². The summed E-state index contributed by atoms with van der Waals surface area (Å²) in [4.78, 5) is 21.2. The summed E-state index contributed by atoms with van der Waals surface area (Å²) in [5, 5.41) is 16.1. The fourth-order valence-electron chi connectivity index (χ4n) is 1.42. The number of carbonyl (C=O) groups is 1. The lowest BCUT2D eigenvalue weighted by Crippen LogP contribution is -2.20. The molecule has 92 valence electrons. The molecule has 1 aromatic rings. The molecule has 0 unspecified atom stereocenters. The van der Waals surface area contributed by atoms with E-state index in [1.165, 1.54) is 12.1 Å². The number of nitro groups is 1. The van der Waals surface area contributed by atoms with E-state index in [0.29, 0.717) is 18.7 Å². The Kier molecular flexibility index (Phi) is 4.45. The van der Waals surface area contributed by atoms with Gasteiger partial charge in [0, 0.05) is 37.8 Å². The zero-order chi connectivity index (χ0) is 12.8. The number of carbonyl (C=O) groups excluding carboxylic acids is 1. The van der Waals surface area contributed by atoms with Crippen molar-refractivity contribution in [2.24, 2.45) is 0 Å². The first-order valence-electron chi connectivity index (χ1n) is 5.23.